The molecule has 0 unspecified atom stereocenters. The zero-order valence-corrected chi connectivity index (χ0v) is 10.5. The molecule has 96 valence electrons. The summed E-state index contributed by atoms with van der Waals surface area (Å²) in [5.41, 5.74) is 1.23. The molecule has 1 aromatic rings. The molecule has 1 fully saturated rings. The molecule has 0 aliphatic carbocycles. The number of hydrogen-bond acceptors (Lipinski definition) is 3. The maximum atomic E-state index is 12.0. The van der Waals surface area contributed by atoms with Gasteiger partial charge in [-0.15, -0.1) is 0 Å². The standard InChI is InChI=1S/C14H18N2O2/c1-10(17)11-4-6-12(7-5-11)14(18)16-13-3-2-8-15-9-13/h4-7,13,15H,2-3,8-9H2,1H3,(H,16,18)/t13-/m0/s1. The topological polar surface area (TPSA) is 58.2 Å². The van der Waals surface area contributed by atoms with Gasteiger partial charge in [-0.2, -0.15) is 0 Å². The minimum atomic E-state index is -0.0706. The third-order valence-electron chi connectivity index (χ3n) is 3.19. The van der Waals surface area contributed by atoms with Gasteiger partial charge in [-0.1, -0.05) is 12.1 Å². The van der Waals surface area contributed by atoms with Gasteiger partial charge in [0, 0.05) is 23.7 Å². The molecule has 1 amide bonds. The molecule has 1 atom stereocenters. The van der Waals surface area contributed by atoms with Crippen LogP contribution < -0.4 is 10.6 Å². The summed E-state index contributed by atoms with van der Waals surface area (Å²) in [4.78, 5) is 23.1. The normalized spacial score (nSPS) is 19.3. The summed E-state index contributed by atoms with van der Waals surface area (Å²) in [5, 5.41) is 6.25. The van der Waals surface area contributed by atoms with E-state index in [2.05, 4.69) is 10.6 Å². The average molecular weight is 246 g/mol. The molecule has 1 aliphatic heterocycles. The number of rotatable bonds is 3. The lowest BCUT2D eigenvalue weighted by Gasteiger charge is -2.23. The van der Waals surface area contributed by atoms with Crippen molar-refractivity contribution in [2.45, 2.75) is 25.8 Å². The molecule has 0 bridgehead atoms. The maximum absolute atomic E-state index is 12.0. The van der Waals surface area contributed by atoms with Crippen molar-refractivity contribution in [3.8, 4) is 0 Å². The van der Waals surface area contributed by atoms with E-state index < -0.39 is 0 Å². The van der Waals surface area contributed by atoms with Crippen LogP contribution in [0.5, 0.6) is 0 Å². The highest BCUT2D eigenvalue weighted by molar-refractivity contribution is 5.97. The van der Waals surface area contributed by atoms with Crippen molar-refractivity contribution in [2.24, 2.45) is 0 Å². The molecule has 0 spiro atoms. The predicted molar refractivity (Wildman–Crippen MR) is 69.8 cm³/mol. The van der Waals surface area contributed by atoms with Crippen molar-refractivity contribution in [3.63, 3.8) is 0 Å². The van der Waals surface area contributed by atoms with Crippen LogP contribution in [-0.2, 0) is 0 Å². The molecule has 0 radical (unpaired) electrons. The van der Waals surface area contributed by atoms with E-state index in [0.717, 1.165) is 25.9 Å². The van der Waals surface area contributed by atoms with Crippen LogP contribution in [-0.4, -0.2) is 30.8 Å². The molecule has 0 saturated carbocycles. The van der Waals surface area contributed by atoms with Gasteiger partial charge in [0.25, 0.3) is 5.91 Å². The molecule has 18 heavy (non-hydrogen) atoms. The monoisotopic (exact) mass is 246 g/mol. The Kier molecular flexibility index (Phi) is 4.10. The number of nitrogens with one attached hydrogen (secondary N) is 2. The van der Waals surface area contributed by atoms with Crippen LogP contribution in [0.15, 0.2) is 24.3 Å². The zero-order chi connectivity index (χ0) is 13.0. The van der Waals surface area contributed by atoms with E-state index in [1.165, 1.54) is 6.92 Å². The maximum Gasteiger partial charge on any atom is 0.251 e. The summed E-state index contributed by atoms with van der Waals surface area (Å²) in [7, 11) is 0. The number of benzene rings is 1. The van der Waals surface area contributed by atoms with Gasteiger partial charge < -0.3 is 10.6 Å². The van der Waals surface area contributed by atoms with Crippen molar-refractivity contribution in [2.75, 3.05) is 13.1 Å². The quantitative estimate of drug-likeness (QED) is 0.792. The fourth-order valence-electron chi connectivity index (χ4n) is 2.10. The van der Waals surface area contributed by atoms with Crippen LogP contribution in [0.4, 0.5) is 0 Å². The van der Waals surface area contributed by atoms with Crippen LogP contribution in [0, 0.1) is 0 Å². The Hall–Kier alpha value is -1.68. The van der Waals surface area contributed by atoms with Gasteiger partial charge in [0.05, 0.1) is 0 Å². The van der Waals surface area contributed by atoms with Crippen molar-refractivity contribution in [3.05, 3.63) is 35.4 Å². The van der Waals surface area contributed by atoms with E-state index in [1.807, 2.05) is 0 Å². The highest BCUT2D eigenvalue weighted by Crippen LogP contribution is 2.07. The van der Waals surface area contributed by atoms with Gasteiger partial charge in [-0.05, 0) is 38.4 Å². The first-order valence-corrected chi connectivity index (χ1v) is 6.29. The molecule has 4 heteroatoms. The average Bonchev–Trinajstić information content (AvgIpc) is 2.40. The highest BCUT2D eigenvalue weighted by atomic mass is 16.1. The lowest BCUT2D eigenvalue weighted by molar-refractivity contribution is 0.0929. The predicted octanol–water partition coefficient (Wildman–Crippen LogP) is 1.37. The van der Waals surface area contributed by atoms with Gasteiger partial charge in [0.1, 0.15) is 0 Å². The number of carbonyl (C=O) groups excluding carboxylic acids is 2. The molecule has 1 saturated heterocycles. The molecular formula is C14H18N2O2. The first-order valence-electron chi connectivity index (χ1n) is 6.29. The first kappa shape index (κ1) is 12.8. The second kappa shape index (κ2) is 5.78. The zero-order valence-electron chi connectivity index (χ0n) is 10.5. The van der Waals surface area contributed by atoms with Crippen molar-refractivity contribution < 1.29 is 9.59 Å². The van der Waals surface area contributed by atoms with Crippen LogP contribution in [0.2, 0.25) is 0 Å². The van der Waals surface area contributed by atoms with Crippen LogP contribution in [0.25, 0.3) is 0 Å². The summed E-state index contributed by atoms with van der Waals surface area (Å²) in [6.45, 7) is 3.37. The van der Waals surface area contributed by atoms with E-state index in [0.29, 0.717) is 11.1 Å². The molecule has 1 heterocycles. The third kappa shape index (κ3) is 3.17. The smallest absolute Gasteiger partial charge is 0.251 e. The number of ketones is 1. The number of piperidine rings is 1. The summed E-state index contributed by atoms with van der Waals surface area (Å²) in [6.07, 6.45) is 2.11. The van der Waals surface area contributed by atoms with Crippen LogP contribution in [0.3, 0.4) is 0 Å². The minimum absolute atomic E-state index is 0.0124. The molecule has 1 aromatic carbocycles. The lowest BCUT2D eigenvalue weighted by Crippen LogP contribution is -2.45. The Bertz CT molecular complexity index is 434. The molecule has 4 nitrogen and oxygen atoms in total. The number of amides is 1. The van der Waals surface area contributed by atoms with Gasteiger partial charge in [0.15, 0.2) is 5.78 Å². The number of carbonyl (C=O) groups is 2. The molecule has 2 rings (SSSR count). The molecule has 1 aliphatic rings. The van der Waals surface area contributed by atoms with E-state index in [-0.39, 0.29) is 17.7 Å². The second-order valence-corrected chi connectivity index (χ2v) is 4.65. The summed E-state index contributed by atoms with van der Waals surface area (Å²) >= 11 is 0. The van der Waals surface area contributed by atoms with Crippen LogP contribution in [0.1, 0.15) is 40.5 Å². The Morgan fingerprint density at radius 1 is 1.22 bits per heavy atom. The van der Waals surface area contributed by atoms with Crippen molar-refractivity contribution in [1.29, 1.82) is 0 Å². The van der Waals surface area contributed by atoms with Gasteiger partial charge in [-0.25, -0.2) is 0 Å². The number of hydrogen-bond donors (Lipinski definition) is 2. The summed E-state index contributed by atoms with van der Waals surface area (Å²) in [6, 6.07) is 6.98. The van der Waals surface area contributed by atoms with E-state index in [4.69, 9.17) is 0 Å². The summed E-state index contributed by atoms with van der Waals surface area (Å²) < 4.78 is 0. The van der Waals surface area contributed by atoms with Crippen molar-refractivity contribution >= 4 is 11.7 Å². The SMILES string of the molecule is CC(=O)c1ccc(C(=O)N[C@H]2CCCNC2)cc1. The van der Waals surface area contributed by atoms with E-state index >= 15 is 0 Å². The fourth-order valence-corrected chi connectivity index (χ4v) is 2.10. The Balaban J connectivity index is 1.97. The van der Waals surface area contributed by atoms with Gasteiger partial charge in [-0.3, -0.25) is 9.59 Å². The van der Waals surface area contributed by atoms with E-state index in [9.17, 15) is 9.59 Å². The Morgan fingerprint density at radius 3 is 2.44 bits per heavy atom. The van der Waals surface area contributed by atoms with Gasteiger partial charge >= 0.3 is 0 Å². The third-order valence-corrected chi connectivity index (χ3v) is 3.19. The Morgan fingerprint density at radius 2 is 1.89 bits per heavy atom. The Labute approximate surface area is 107 Å². The van der Waals surface area contributed by atoms with Crippen LogP contribution >= 0.6 is 0 Å². The highest BCUT2D eigenvalue weighted by Gasteiger charge is 2.16. The van der Waals surface area contributed by atoms with Gasteiger partial charge in [0.2, 0.25) is 0 Å². The fraction of sp³-hybridized carbons (Fsp3) is 0.429. The minimum Gasteiger partial charge on any atom is -0.348 e. The number of Topliss-reactive ketones (excluding diaryl/α,β-unsaturated/α-hetero) is 1. The largest absolute Gasteiger partial charge is 0.348 e. The second-order valence-electron chi connectivity index (χ2n) is 4.65. The lowest BCUT2D eigenvalue weighted by atomic mass is 10.1. The molecular weight excluding hydrogens is 228 g/mol. The summed E-state index contributed by atoms with van der Waals surface area (Å²) in [5.74, 6) is -0.0581. The van der Waals surface area contributed by atoms with E-state index in [1.54, 1.807) is 24.3 Å². The first-order chi connectivity index (χ1) is 8.66. The van der Waals surface area contributed by atoms with Crippen molar-refractivity contribution in [1.82, 2.24) is 10.6 Å². The molecule has 2 N–H and O–H groups in total. The molecule has 0 aromatic heterocycles.